The van der Waals surface area contributed by atoms with Gasteiger partial charge in [-0.05, 0) is 50.7 Å². The molecule has 0 unspecified atom stereocenters. The molecule has 0 atom stereocenters. The Kier molecular flexibility index (Phi) is 4.92. The number of carbonyl (C=O) groups excluding carboxylic acids is 1. The van der Waals surface area contributed by atoms with Crippen LogP contribution in [0.4, 0.5) is 10.1 Å². The summed E-state index contributed by atoms with van der Waals surface area (Å²) < 4.78 is 12.8. The van der Waals surface area contributed by atoms with Crippen LogP contribution >= 0.6 is 0 Å². The van der Waals surface area contributed by atoms with Crippen LogP contribution in [0.5, 0.6) is 0 Å². The van der Waals surface area contributed by atoms with E-state index >= 15 is 0 Å². The summed E-state index contributed by atoms with van der Waals surface area (Å²) in [4.78, 5) is 11.5. The van der Waals surface area contributed by atoms with Crippen LogP contribution in [0.1, 0.15) is 18.4 Å². The van der Waals surface area contributed by atoms with E-state index in [9.17, 15) is 9.18 Å². The Morgan fingerprint density at radius 2 is 2.19 bits per heavy atom. The third-order valence-corrected chi connectivity index (χ3v) is 2.29. The maximum atomic E-state index is 12.8. The third kappa shape index (κ3) is 3.98. The van der Waals surface area contributed by atoms with Gasteiger partial charge in [0.05, 0.1) is 0 Å². The summed E-state index contributed by atoms with van der Waals surface area (Å²) in [5.74, 6) is -0.323. The lowest BCUT2D eigenvalue weighted by Gasteiger charge is -2.08. The summed E-state index contributed by atoms with van der Waals surface area (Å²) in [7, 11) is 1.85. The third-order valence-electron chi connectivity index (χ3n) is 2.29. The number of hydrogen-bond acceptors (Lipinski definition) is 2. The quantitative estimate of drug-likeness (QED) is 0.752. The van der Waals surface area contributed by atoms with Crippen molar-refractivity contribution in [1.82, 2.24) is 5.32 Å². The summed E-state index contributed by atoms with van der Waals surface area (Å²) in [6, 6.07) is 4.33. The Labute approximate surface area is 95.0 Å². The minimum absolute atomic E-state index is 0.0371. The highest BCUT2D eigenvalue weighted by molar-refractivity contribution is 5.91. The zero-order valence-electron chi connectivity index (χ0n) is 9.64. The number of anilines is 1. The molecule has 0 spiro atoms. The monoisotopic (exact) mass is 224 g/mol. The van der Waals surface area contributed by atoms with Gasteiger partial charge in [-0.3, -0.25) is 4.79 Å². The standard InChI is InChI=1S/C12H17FN2O/c1-9-8-10(13)5-6-11(9)15-12(16)4-3-7-14-2/h5-6,8,14H,3-4,7H2,1-2H3,(H,15,16). The first-order valence-corrected chi connectivity index (χ1v) is 5.34. The molecule has 16 heavy (non-hydrogen) atoms. The summed E-state index contributed by atoms with van der Waals surface area (Å²) >= 11 is 0. The van der Waals surface area contributed by atoms with Crippen LogP contribution in [0.15, 0.2) is 18.2 Å². The van der Waals surface area contributed by atoms with Gasteiger partial charge in [-0.1, -0.05) is 0 Å². The van der Waals surface area contributed by atoms with E-state index in [4.69, 9.17) is 0 Å². The zero-order valence-corrected chi connectivity index (χ0v) is 9.64. The number of benzene rings is 1. The second-order valence-corrected chi connectivity index (χ2v) is 3.71. The Morgan fingerprint density at radius 1 is 1.44 bits per heavy atom. The van der Waals surface area contributed by atoms with E-state index < -0.39 is 0 Å². The zero-order chi connectivity index (χ0) is 12.0. The first kappa shape index (κ1) is 12.6. The topological polar surface area (TPSA) is 41.1 Å². The van der Waals surface area contributed by atoms with Crippen molar-refractivity contribution in [3.8, 4) is 0 Å². The molecule has 2 N–H and O–H groups in total. The fourth-order valence-corrected chi connectivity index (χ4v) is 1.41. The molecule has 0 aromatic heterocycles. The second kappa shape index (κ2) is 6.23. The maximum absolute atomic E-state index is 12.8. The van der Waals surface area contributed by atoms with E-state index in [-0.39, 0.29) is 11.7 Å². The summed E-state index contributed by atoms with van der Waals surface area (Å²) in [5.41, 5.74) is 1.41. The molecule has 0 radical (unpaired) electrons. The second-order valence-electron chi connectivity index (χ2n) is 3.71. The van der Waals surface area contributed by atoms with Crippen LogP contribution in [0, 0.1) is 12.7 Å². The van der Waals surface area contributed by atoms with E-state index in [0.717, 1.165) is 18.5 Å². The van der Waals surface area contributed by atoms with E-state index in [2.05, 4.69) is 10.6 Å². The van der Waals surface area contributed by atoms with Gasteiger partial charge in [0, 0.05) is 12.1 Å². The van der Waals surface area contributed by atoms with Crippen LogP contribution in [-0.4, -0.2) is 19.5 Å². The normalized spacial score (nSPS) is 10.2. The van der Waals surface area contributed by atoms with Crippen molar-refractivity contribution in [3.05, 3.63) is 29.6 Å². The van der Waals surface area contributed by atoms with Gasteiger partial charge in [0.1, 0.15) is 5.82 Å². The molecule has 0 aliphatic rings. The lowest BCUT2D eigenvalue weighted by molar-refractivity contribution is -0.116. The molecule has 0 saturated carbocycles. The lowest BCUT2D eigenvalue weighted by Crippen LogP contribution is -2.15. The van der Waals surface area contributed by atoms with Crippen LogP contribution in [0.3, 0.4) is 0 Å². The van der Waals surface area contributed by atoms with Gasteiger partial charge in [-0.25, -0.2) is 4.39 Å². The molecule has 1 aromatic rings. The van der Waals surface area contributed by atoms with E-state index in [1.165, 1.54) is 12.1 Å². The number of carbonyl (C=O) groups is 1. The van der Waals surface area contributed by atoms with E-state index in [0.29, 0.717) is 12.1 Å². The van der Waals surface area contributed by atoms with E-state index in [1.807, 2.05) is 7.05 Å². The molecule has 1 aromatic carbocycles. The molecule has 0 saturated heterocycles. The number of aryl methyl sites for hydroxylation is 1. The molecular formula is C12H17FN2O. The Bertz CT molecular complexity index is 366. The van der Waals surface area contributed by atoms with Gasteiger partial charge in [-0.15, -0.1) is 0 Å². The number of halogens is 1. The summed E-state index contributed by atoms with van der Waals surface area (Å²) in [6.07, 6.45) is 1.26. The lowest BCUT2D eigenvalue weighted by atomic mass is 10.2. The van der Waals surface area contributed by atoms with Gasteiger partial charge >= 0.3 is 0 Å². The predicted octanol–water partition coefficient (Wildman–Crippen LogP) is 2.07. The Morgan fingerprint density at radius 3 is 2.81 bits per heavy atom. The van der Waals surface area contributed by atoms with Crippen LogP contribution < -0.4 is 10.6 Å². The van der Waals surface area contributed by atoms with Gasteiger partial charge in [-0.2, -0.15) is 0 Å². The fraction of sp³-hybridized carbons (Fsp3) is 0.417. The summed E-state index contributed by atoms with van der Waals surface area (Å²) in [6.45, 7) is 2.59. The van der Waals surface area contributed by atoms with Crippen molar-refractivity contribution in [3.63, 3.8) is 0 Å². The largest absolute Gasteiger partial charge is 0.326 e. The Balaban J connectivity index is 2.49. The maximum Gasteiger partial charge on any atom is 0.224 e. The first-order valence-electron chi connectivity index (χ1n) is 5.34. The molecule has 4 heteroatoms. The SMILES string of the molecule is CNCCCC(=O)Nc1ccc(F)cc1C. The average molecular weight is 224 g/mol. The van der Waals surface area contributed by atoms with Gasteiger partial charge < -0.3 is 10.6 Å². The molecule has 0 aliphatic carbocycles. The number of nitrogens with one attached hydrogen (secondary N) is 2. The van der Waals surface area contributed by atoms with Gasteiger partial charge in [0.2, 0.25) is 5.91 Å². The van der Waals surface area contributed by atoms with Crippen molar-refractivity contribution in [1.29, 1.82) is 0 Å². The predicted molar refractivity (Wildman–Crippen MR) is 62.9 cm³/mol. The molecule has 0 fully saturated rings. The number of amides is 1. The van der Waals surface area contributed by atoms with Gasteiger partial charge in [0.25, 0.3) is 0 Å². The van der Waals surface area contributed by atoms with Gasteiger partial charge in [0.15, 0.2) is 0 Å². The minimum Gasteiger partial charge on any atom is -0.326 e. The molecule has 0 aliphatic heterocycles. The number of rotatable bonds is 5. The van der Waals surface area contributed by atoms with Crippen LogP contribution in [0.25, 0.3) is 0 Å². The van der Waals surface area contributed by atoms with Crippen molar-refractivity contribution in [2.75, 3.05) is 18.9 Å². The highest BCUT2D eigenvalue weighted by Gasteiger charge is 2.04. The van der Waals surface area contributed by atoms with Crippen LogP contribution in [-0.2, 0) is 4.79 Å². The molecule has 88 valence electrons. The van der Waals surface area contributed by atoms with Crippen LogP contribution in [0.2, 0.25) is 0 Å². The molecule has 1 rings (SSSR count). The molecule has 1 amide bonds. The molecular weight excluding hydrogens is 207 g/mol. The smallest absolute Gasteiger partial charge is 0.224 e. The number of hydrogen-bond donors (Lipinski definition) is 2. The van der Waals surface area contributed by atoms with E-state index in [1.54, 1.807) is 13.0 Å². The van der Waals surface area contributed by atoms with Crippen molar-refractivity contribution in [2.45, 2.75) is 19.8 Å². The molecule has 0 bridgehead atoms. The highest BCUT2D eigenvalue weighted by atomic mass is 19.1. The Hall–Kier alpha value is -1.42. The average Bonchev–Trinajstić information content (AvgIpc) is 2.23. The molecule has 3 nitrogen and oxygen atoms in total. The first-order chi connectivity index (χ1) is 7.63. The fourth-order valence-electron chi connectivity index (χ4n) is 1.41. The van der Waals surface area contributed by atoms with Crippen molar-refractivity contribution < 1.29 is 9.18 Å². The summed E-state index contributed by atoms with van der Waals surface area (Å²) in [5, 5.41) is 5.74. The minimum atomic E-state index is -0.286. The highest BCUT2D eigenvalue weighted by Crippen LogP contribution is 2.15. The molecule has 0 heterocycles. The van der Waals surface area contributed by atoms with Crippen molar-refractivity contribution in [2.24, 2.45) is 0 Å². The van der Waals surface area contributed by atoms with Crippen molar-refractivity contribution >= 4 is 11.6 Å².